The van der Waals surface area contributed by atoms with Crippen molar-refractivity contribution in [3.63, 3.8) is 0 Å². The van der Waals surface area contributed by atoms with E-state index in [1.54, 1.807) is 0 Å². The second-order valence-corrected chi connectivity index (χ2v) is 5.36. The van der Waals surface area contributed by atoms with Gasteiger partial charge in [-0.1, -0.05) is 0 Å². The van der Waals surface area contributed by atoms with Crippen LogP contribution in [0, 0.1) is 6.92 Å². The molecule has 0 spiro atoms. The fourth-order valence-electron chi connectivity index (χ4n) is 1.40. The molecule has 11 heteroatoms. The van der Waals surface area contributed by atoms with Crippen molar-refractivity contribution in [3.8, 4) is 17.3 Å². The highest BCUT2D eigenvalue weighted by Crippen LogP contribution is 2.32. The molecule has 0 saturated heterocycles. The lowest BCUT2D eigenvalue weighted by atomic mass is 10.2. The summed E-state index contributed by atoms with van der Waals surface area (Å²) in [5, 5.41) is 0. The Labute approximate surface area is 116 Å². The molecular formula is C10H8F3N3O4S. The molecule has 0 saturated carbocycles. The van der Waals surface area contributed by atoms with E-state index in [0.717, 1.165) is 0 Å². The van der Waals surface area contributed by atoms with E-state index in [9.17, 15) is 21.6 Å². The number of nitrogens with two attached hydrogens (primary N) is 1. The number of rotatable bonds is 3. The Morgan fingerprint density at radius 3 is 2.52 bits per heavy atom. The van der Waals surface area contributed by atoms with Crippen LogP contribution in [-0.2, 0) is 10.1 Å². The van der Waals surface area contributed by atoms with E-state index < -0.39 is 27.5 Å². The highest BCUT2D eigenvalue weighted by Gasteiger charge is 2.49. The highest BCUT2D eigenvalue weighted by atomic mass is 32.2. The molecule has 2 aromatic heterocycles. The van der Waals surface area contributed by atoms with Crippen LogP contribution in [0.3, 0.4) is 0 Å². The lowest BCUT2D eigenvalue weighted by Crippen LogP contribution is -2.28. The van der Waals surface area contributed by atoms with E-state index in [2.05, 4.69) is 14.2 Å². The lowest BCUT2D eigenvalue weighted by molar-refractivity contribution is -0.0501. The molecule has 2 rings (SSSR count). The van der Waals surface area contributed by atoms with Crippen LogP contribution in [0.2, 0.25) is 0 Å². The summed E-state index contributed by atoms with van der Waals surface area (Å²) in [6, 6.07) is 2.98. The molecule has 2 N–H and O–H groups in total. The van der Waals surface area contributed by atoms with E-state index in [0.29, 0.717) is 0 Å². The maximum absolute atomic E-state index is 12.3. The molecule has 0 fully saturated rings. The number of nitrogens with zero attached hydrogens (tertiary/aromatic N) is 2. The zero-order valence-corrected chi connectivity index (χ0v) is 11.2. The Hall–Kier alpha value is -2.30. The molecule has 0 radical (unpaired) electrons. The first-order valence-corrected chi connectivity index (χ1v) is 6.71. The van der Waals surface area contributed by atoms with Gasteiger partial charge in [-0.25, -0.2) is 4.98 Å². The molecule has 2 heterocycles. The molecule has 2 aromatic rings. The van der Waals surface area contributed by atoms with E-state index in [1.165, 1.54) is 25.3 Å². The maximum Gasteiger partial charge on any atom is 0.534 e. The predicted molar refractivity (Wildman–Crippen MR) is 64.5 cm³/mol. The van der Waals surface area contributed by atoms with Gasteiger partial charge in [0.2, 0.25) is 11.8 Å². The van der Waals surface area contributed by atoms with Gasteiger partial charge in [-0.3, -0.25) is 0 Å². The molecule has 0 unspecified atom stereocenters. The molecule has 0 aliphatic heterocycles. The topological polar surface area (TPSA) is 108 Å². The van der Waals surface area contributed by atoms with Crippen molar-refractivity contribution in [3.05, 3.63) is 24.0 Å². The summed E-state index contributed by atoms with van der Waals surface area (Å²) in [6.07, 6.45) is 1.31. The van der Waals surface area contributed by atoms with Crippen molar-refractivity contribution in [2.45, 2.75) is 12.4 Å². The SMILES string of the molecule is Cc1c(OS(=O)(=O)C(F)(F)F)nc(N)nc1-c1ccco1. The molecule has 0 aliphatic carbocycles. The molecule has 0 aromatic carbocycles. The van der Waals surface area contributed by atoms with E-state index in [4.69, 9.17) is 10.2 Å². The number of furan rings is 1. The molecule has 0 aliphatic rings. The molecule has 7 nitrogen and oxygen atoms in total. The summed E-state index contributed by atoms with van der Waals surface area (Å²) >= 11 is 0. The van der Waals surface area contributed by atoms with Crippen LogP contribution in [0.4, 0.5) is 19.1 Å². The monoisotopic (exact) mass is 323 g/mol. The molecule has 21 heavy (non-hydrogen) atoms. The second kappa shape index (κ2) is 4.91. The van der Waals surface area contributed by atoms with Crippen LogP contribution in [0.25, 0.3) is 11.5 Å². The average Bonchev–Trinajstić information content (AvgIpc) is 2.85. The van der Waals surface area contributed by atoms with Crippen molar-refractivity contribution in [1.29, 1.82) is 0 Å². The molecule has 0 amide bonds. The second-order valence-electron chi connectivity index (χ2n) is 3.82. The van der Waals surface area contributed by atoms with Gasteiger partial charge >= 0.3 is 15.6 Å². The first kappa shape index (κ1) is 15.1. The number of aromatic nitrogens is 2. The maximum atomic E-state index is 12.3. The van der Waals surface area contributed by atoms with Gasteiger partial charge in [0.15, 0.2) is 5.76 Å². The predicted octanol–water partition coefficient (Wildman–Crippen LogP) is 1.86. The summed E-state index contributed by atoms with van der Waals surface area (Å²) in [4.78, 5) is 7.15. The summed E-state index contributed by atoms with van der Waals surface area (Å²) in [6.45, 7) is 1.28. The lowest BCUT2D eigenvalue weighted by Gasteiger charge is -2.12. The summed E-state index contributed by atoms with van der Waals surface area (Å²) in [5.41, 5.74) is -0.272. The van der Waals surface area contributed by atoms with Crippen molar-refractivity contribution < 1.29 is 30.2 Å². The van der Waals surface area contributed by atoms with Gasteiger partial charge < -0.3 is 14.3 Å². The molecule has 0 atom stereocenters. The smallest absolute Gasteiger partial charge is 0.463 e. The zero-order chi connectivity index (χ0) is 15.8. The summed E-state index contributed by atoms with van der Waals surface area (Å²) in [5.74, 6) is -1.10. The summed E-state index contributed by atoms with van der Waals surface area (Å²) < 4.78 is 68.0. The first-order valence-electron chi connectivity index (χ1n) is 5.30. The van der Waals surface area contributed by atoms with Crippen LogP contribution in [-0.4, -0.2) is 23.9 Å². The Balaban J connectivity index is 2.52. The third kappa shape index (κ3) is 2.91. The first-order chi connectivity index (χ1) is 9.62. The van der Waals surface area contributed by atoms with E-state index in [1.807, 2.05) is 0 Å². The van der Waals surface area contributed by atoms with Gasteiger partial charge in [-0.05, 0) is 19.1 Å². The quantitative estimate of drug-likeness (QED) is 0.678. The normalized spacial score (nSPS) is 12.4. The van der Waals surface area contributed by atoms with Crippen molar-refractivity contribution in [2.75, 3.05) is 5.73 Å². The van der Waals surface area contributed by atoms with Crippen LogP contribution >= 0.6 is 0 Å². The number of halogens is 3. The van der Waals surface area contributed by atoms with Gasteiger partial charge in [-0.15, -0.1) is 0 Å². The standard InChI is InChI=1S/C10H8F3N3O4S/c1-5-7(6-3-2-4-19-6)15-9(14)16-8(5)20-21(17,18)10(11,12)13/h2-4H,1H3,(H2,14,15,16). The minimum atomic E-state index is -5.85. The summed E-state index contributed by atoms with van der Waals surface area (Å²) in [7, 11) is -5.85. The van der Waals surface area contributed by atoms with Crippen LogP contribution in [0.1, 0.15) is 5.56 Å². The van der Waals surface area contributed by atoms with Crippen molar-refractivity contribution in [1.82, 2.24) is 9.97 Å². The minimum Gasteiger partial charge on any atom is -0.463 e. The molecular weight excluding hydrogens is 315 g/mol. The Bertz CT molecular complexity index is 757. The fraction of sp³-hybridized carbons (Fsp3) is 0.200. The third-order valence-electron chi connectivity index (χ3n) is 2.35. The molecule has 0 bridgehead atoms. The Morgan fingerprint density at radius 1 is 1.33 bits per heavy atom. The average molecular weight is 323 g/mol. The van der Waals surface area contributed by atoms with Crippen molar-refractivity contribution >= 4 is 16.1 Å². The number of alkyl halides is 3. The zero-order valence-electron chi connectivity index (χ0n) is 10.4. The van der Waals surface area contributed by atoms with E-state index in [-0.39, 0.29) is 17.0 Å². The number of hydrogen-bond acceptors (Lipinski definition) is 7. The van der Waals surface area contributed by atoms with E-state index >= 15 is 0 Å². The Morgan fingerprint density at radius 2 is 2.00 bits per heavy atom. The Kier molecular flexibility index (Phi) is 3.53. The van der Waals surface area contributed by atoms with Crippen molar-refractivity contribution in [2.24, 2.45) is 0 Å². The van der Waals surface area contributed by atoms with Gasteiger partial charge in [-0.2, -0.15) is 26.6 Å². The number of nitrogen functional groups attached to an aromatic ring is 1. The third-order valence-corrected chi connectivity index (χ3v) is 3.29. The van der Waals surface area contributed by atoms with Gasteiger partial charge in [0, 0.05) is 5.56 Å². The van der Waals surface area contributed by atoms with Gasteiger partial charge in [0.25, 0.3) is 0 Å². The number of hydrogen-bond donors (Lipinski definition) is 1. The van der Waals surface area contributed by atoms with Crippen LogP contribution in [0.5, 0.6) is 5.88 Å². The van der Waals surface area contributed by atoms with Crippen LogP contribution in [0.15, 0.2) is 22.8 Å². The number of anilines is 1. The molecule has 114 valence electrons. The minimum absolute atomic E-state index is 0.0277. The highest BCUT2D eigenvalue weighted by molar-refractivity contribution is 7.87. The van der Waals surface area contributed by atoms with Gasteiger partial charge in [0.1, 0.15) is 5.69 Å². The fourth-order valence-corrected chi connectivity index (χ4v) is 1.86. The van der Waals surface area contributed by atoms with Crippen LogP contribution < -0.4 is 9.92 Å². The largest absolute Gasteiger partial charge is 0.534 e. The van der Waals surface area contributed by atoms with Gasteiger partial charge in [0.05, 0.1) is 6.26 Å².